The first-order valence-electron chi connectivity index (χ1n) is 10.2. The van der Waals surface area contributed by atoms with E-state index in [-0.39, 0.29) is 0 Å². The summed E-state index contributed by atoms with van der Waals surface area (Å²) in [5.74, 6) is 1.62. The van der Waals surface area contributed by atoms with Crippen molar-refractivity contribution in [3.8, 4) is 22.9 Å². The molecule has 154 valence electrons. The number of aromatic amines is 2. The molecule has 0 radical (unpaired) electrons. The van der Waals surface area contributed by atoms with Crippen LogP contribution in [0.5, 0.6) is 11.5 Å². The molecular weight excluding hydrogens is 386 g/mol. The minimum atomic E-state index is 0.496. The third-order valence-corrected chi connectivity index (χ3v) is 5.26. The van der Waals surface area contributed by atoms with E-state index in [0.717, 1.165) is 56.5 Å². The van der Waals surface area contributed by atoms with E-state index in [1.165, 1.54) is 0 Å². The van der Waals surface area contributed by atoms with Gasteiger partial charge in [-0.1, -0.05) is 30.3 Å². The molecule has 0 unspecified atom stereocenters. The molecule has 2 N–H and O–H groups in total. The fraction of sp³-hybridized carbons (Fsp3) is 0.115. The number of fused-ring (bicyclic) bond motifs is 1. The highest BCUT2D eigenvalue weighted by Gasteiger charge is 2.13. The van der Waals surface area contributed by atoms with Gasteiger partial charge < -0.3 is 19.4 Å². The lowest BCUT2D eigenvalue weighted by Gasteiger charge is -2.05. The summed E-state index contributed by atoms with van der Waals surface area (Å²) < 4.78 is 11.5. The molecule has 2 aromatic heterocycles. The van der Waals surface area contributed by atoms with Gasteiger partial charge in [0.1, 0.15) is 18.1 Å². The fourth-order valence-electron chi connectivity index (χ4n) is 3.65. The maximum absolute atomic E-state index is 6.19. The van der Waals surface area contributed by atoms with Gasteiger partial charge in [0, 0.05) is 22.7 Å². The molecule has 0 amide bonds. The second-order valence-corrected chi connectivity index (χ2v) is 7.53. The van der Waals surface area contributed by atoms with Crippen LogP contribution in [-0.2, 0) is 6.61 Å². The van der Waals surface area contributed by atoms with Crippen molar-refractivity contribution >= 4 is 22.7 Å². The second kappa shape index (κ2) is 8.03. The number of rotatable bonds is 6. The van der Waals surface area contributed by atoms with Crippen molar-refractivity contribution in [2.45, 2.75) is 13.5 Å². The summed E-state index contributed by atoms with van der Waals surface area (Å²) in [6, 6.07) is 20.3. The van der Waals surface area contributed by atoms with Crippen molar-refractivity contribution in [2.24, 2.45) is 4.99 Å². The molecule has 4 aromatic rings. The molecule has 5 rings (SSSR count). The molecule has 31 heavy (non-hydrogen) atoms. The molecular formula is C26H23N3O2. The third-order valence-electron chi connectivity index (χ3n) is 5.26. The number of aromatic nitrogens is 2. The van der Waals surface area contributed by atoms with Crippen molar-refractivity contribution in [3.05, 3.63) is 89.8 Å². The lowest BCUT2D eigenvalue weighted by molar-refractivity contribution is 0.306. The Bertz CT molecular complexity index is 1320. The van der Waals surface area contributed by atoms with E-state index >= 15 is 0 Å². The molecule has 0 saturated heterocycles. The molecule has 0 aliphatic carbocycles. The Morgan fingerprint density at radius 1 is 0.935 bits per heavy atom. The standard InChI is InChI=1S/C26H23N3O2/c1-17-8-9-20(27-17)14-25-26(31-16-18-6-4-3-5-7-18)15-24(29-25)23-13-19-12-21(30-2)10-11-22(19)28-23/h3-15,28-29H,16H2,1-2H3/b20-14-. The summed E-state index contributed by atoms with van der Waals surface area (Å²) in [4.78, 5) is 11.5. The quantitative estimate of drug-likeness (QED) is 0.403. The molecule has 0 spiro atoms. The van der Waals surface area contributed by atoms with Gasteiger partial charge >= 0.3 is 0 Å². The Hall–Kier alpha value is -3.99. The maximum atomic E-state index is 6.19. The number of hydrogen-bond donors (Lipinski definition) is 2. The number of allylic oxidation sites excluding steroid dienone is 2. The summed E-state index contributed by atoms with van der Waals surface area (Å²) in [6.45, 7) is 2.49. The Morgan fingerprint density at radius 2 is 1.77 bits per heavy atom. The Morgan fingerprint density at radius 3 is 2.55 bits per heavy atom. The van der Waals surface area contributed by atoms with Crippen LogP contribution in [0.25, 0.3) is 28.4 Å². The van der Waals surface area contributed by atoms with E-state index in [2.05, 4.69) is 33.2 Å². The van der Waals surface area contributed by atoms with Crippen LogP contribution in [0.15, 0.2) is 83.5 Å². The highest BCUT2D eigenvalue weighted by atomic mass is 16.5. The van der Waals surface area contributed by atoms with Crippen molar-refractivity contribution in [3.63, 3.8) is 0 Å². The number of nitrogens with one attached hydrogen (secondary N) is 2. The molecule has 2 aromatic carbocycles. The smallest absolute Gasteiger partial charge is 0.145 e. The summed E-state index contributed by atoms with van der Waals surface area (Å²) >= 11 is 0. The topological polar surface area (TPSA) is 62.4 Å². The Labute approximate surface area is 180 Å². The molecule has 0 saturated carbocycles. The van der Waals surface area contributed by atoms with Crippen molar-refractivity contribution in [2.75, 3.05) is 7.11 Å². The number of nitrogens with zero attached hydrogens (tertiary/aromatic N) is 1. The van der Waals surface area contributed by atoms with Crippen molar-refractivity contribution in [1.29, 1.82) is 0 Å². The fourth-order valence-corrected chi connectivity index (χ4v) is 3.65. The zero-order chi connectivity index (χ0) is 21.2. The van der Waals surface area contributed by atoms with E-state index in [4.69, 9.17) is 9.47 Å². The largest absolute Gasteiger partial charge is 0.497 e. The summed E-state index contributed by atoms with van der Waals surface area (Å²) in [7, 11) is 1.68. The van der Waals surface area contributed by atoms with Crippen LogP contribution in [0.1, 0.15) is 18.2 Å². The van der Waals surface area contributed by atoms with E-state index in [9.17, 15) is 0 Å². The van der Waals surface area contributed by atoms with E-state index in [1.807, 2.05) is 67.6 Å². The van der Waals surface area contributed by atoms with Gasteiger partial charge in [-0.05, 0) is 55.0 Å². The SMILES string of the molecule is COc1ccc2[nH]c(-c3cc(OCc4ccccc4)c(/C=C4/C=CC(C)=N4)[nH]3)cc2c1. The van der Waals surface area contributed by atoms with Gasteiger partial charge in [-0.2, -0.15) is 0 Å². The molecule has 3 heterocycles. The van der Waals surface area contributed by atoms with Crippen LogP contribution in [0, 0.1) is 0 Å². The Kier molecular flexibility index (Phi) is 4.92. The monoisotopic (exact) mass is 409 g/mol. The zero-order valence-corrected chi connectivity index (χ0v) is 17.5. The molecule has 1 aliphatic heterocycles. The number of methoxy groups -OCH3 is 1. The number of benzene rings is 2. The molecule has 1 aliphatic rings. The van der Waals surface area contributed by atoms with Gasteiger partial charge in [-0.25, -0.2) is 0 Å². The van der Waals surface area contributed by atoms with Crippen LogP contribution < -0.4 is 9.47 Å². The van der Waals surface area contributed by atoms with Crippen molar-refractivity contribution < 1.29 is 9.47 Å². The predicted octanol–water partition coefficient (Wildman–Crippen LogP) is 6.12. The molecule has 0 atom stereocenters. The van der Waals surface area contributed by atoms with E-state index in [0.29, 0.717) is 6.61 Å². The van der Waals surface area contributed by atoms with Gasteiger partial charge in [-0.3, -0.25) is 4.99 Å². The number of hydrogen-bond acceptors (Lipinski definition) is 3. The van der Waals surface area contributed by atoms with Crippen LogP contribution in [-0.4, -0.2) is 22.8 Å². The minimum absolute atomic E-state index is 0.496. The number of H-pyrrole nitrogens is 2. The Balaban J connectivity index is 1.51. The molecule has 5 nitrogen and oxygen atoms in total. The van der Waals surface area contributed by atoms with Crippen molar-refractivity contribution in [1.82, 2.24) is 9.97 Å². The lowest BCUT2D eigenvalue weighted by Crippen LogP contribution is -1.95. The third kappa shape index (κ3) is 4.03. The van der Waals surface area contributed by atoms with Gasteiger partial charge in [-0.15, -0.1) is 0 Å². The molecule has 5 heteroatoms. The normalized spacial score (nSPS) is 14.4. The van der Waals surface area contributed by atoms with Gasteiger partial charge in [0.25, 0.3) is 0 Å². The molecule has 0 fully saturated rings. The average Bonchev–Trinajstić information content (AvgIpc) is 3.51. The summed E-state index contributed by atoms with van der Waals surface area (Å²) in [6.07, 6.45) is 6.03. The lowest BCUT2D eigenvalue weighted by atomic mass is 10.2. The number of aliphatic imine (C=N–C) groups is 1. The summed E-state index contributed by atoms with van der Waals surface area (Å²) in [5, 5.41) is 1.09. The van der Waals surface area contributed by atoms with Crippen LogP contribution in [0.2, 0.25) is 0 Å². The second-order valence-electron chi connectivity index (χ2n) is 7.53. The minimum Gasteiger partial charge on any atom is -0.497 e. The first-order valence-corrected chi connectivity index (χ1v) is 10.2. The summed E-state index contributed by atoms with van der Waals surface area (Å²) in [5.41, 5.74) is 6.89. The first-order chi connectivity index (χ1) is 15.2. The van der Waals surface area contributed by atoms with E-state index < -0.39 is 0 Å². The zero-order valence-electron chi connectivity index (χ0n) is 17.5. The van der Waals surface area contributed by atoms with Gasteiger partial charge in [0.2, 0.25) is 0 Å². The first kappa shape index (κ1) is 19.0. The maximum Gasteiger partial charge on any atom is 0.145 e. The molecule has 0 bridgehead atoms. The highest BCUT2D eigenvalue weighted by molar-refractivity contribution is 5.97. The van der Waals surface area contributed by atoms with Crippen LogP contribution in [0.4, 0.5) is 0 Å². The predicted molar refractivity (Wildman–Crippen MR) is 126 cm³/mol. The van der Waals surface area contributed by atoms with Gasteiger partial charge in [0.05, 0.1) is 29.9 Å². The van der Waals surface area contributed by atoms with Crippen LogP contribution >= 0.6 is 0 Å². The van der Waals surface area contributed by atoms with E-state index in [1.54, 1.807) is 7.11 Å². The van der Waals surface area contributed by atoms with Crippen LogP contribution in [0.3, 0.4) is 0 Å². The highest BCUT2D eigenvalue weighted by Crippen LogP contribution is 2.32. The number of ether oxygens (including phenoxy) is 2. The average molecular weight is 409 g/mol. The van der Waals surface area contributed by atoms with Gasteiger partial charge in [0.15, 0.2) is 0 Å².